The Morgan fingerprint density at radius 2 is 2.00 bits per heavy atom. The van der Waals surface area contributed by atoms with Crippen LogP contribution in [0.4, 0.5) is 5.69 Å². The molecule has 1 saturated carbocycles. The van der Waals surface area contributed by atoms with E-state index in [2.05, 4.69) is 33.9 Å². The first-order valence-electron chi connectivity index (χ1n) is 9.57. The molecule has 1 aromatic rings. The first-order chi connectivity index (χ1) is 12.2. The van der Waals surface area contributed by atoms with Crippen LogP contribution in [-0.2, 0) is 11.3 Å². The molecule has 1 amide bonds. The molecule has 0 saturated heterocycles. The first kappa shape index (κ1) is 19.3. The van der Waals surface area contributed by atoms with Crippen molar-refractivity contribution in [1.82, 2.24) is 10.6 Å². The maximum absolute atomic E-state index is 12.4. The summed E-state index contributed by atoms with van der Waals surface area (Å²) in [4.78, 5) is 16.6. The van der Waals surface area contributed by atoms with E-state index in [0.29, 0.717) is 6.54 Å². The lowest BCUT2D eigenvalue weighted by Crippen LogP contribution is -2.37. The van der Waals surface area contributed by atoms with Crippen molar-refractivity contribution in [3.8, 4) is 0 Å². The van der Waals surface area contributed by atoms with E-state index in [-0.39, 0.29) is 11.8 Å². The summed E-state index contributed by atoms with van der Waals surface area (Å²) in [5, 5.41) is 9.70. The monoisotopic (exact) mass is 344 g/mol. The molecule has 0 aromatic heterocycles. The molecule has 0 radical (unpaired) electrons. The molecule has 2 rings (SSSR count). The Kier molecular flexibility index (Phi) is 8.29. The lowest BCUT2D eigenvalue weighted by molar-refractivity contribution is -0.120. The van der Waals surface area contributed by atoms with Crippen LogP contribution >= 0.6 is 0 Å². The molecular formula is C20H32N4O. The average Bonchev–Trinajstić information content (AvgIpc) is 2.65. The van der Waals surface area contributed by atoms with Crippen LogP contribution in [0.2, 0.25) is 0 Å². The summed E-state index contributed by atoms with van der Waals surface area (Å²) in [6.07, 6.45) is 7.94. The highest BCUT2D eigenvalue weighted by molar-refractivity contribution is 5.92. The van der Waals surface area contributed by atoms with Gasteiger partial charge in [0, 0.05) is 31.7 Å². The van der Waals surface area contributed by atoms with Gasteiger partial charge in [-0.3, -0.25) is 9.79 Å². The summed E-state index contributed by atoms with van der Waals surface area (Å²) in [6, 6.07) is 8.04. The third-order valence-electron chi connectivity index (χ3n) is 4.68. The van der Waals surface area contributed by atoms with Crippen LogP contribution < -0.4 is 16.0 Å². The van der Waals surface area contributed by atoms with Crippen molar-refractivity contribution < 1.29 is 4.79 Å². The molecule has 1 aliphatic carbocycles. The summed E-state index contributed by atoms with van der Waals surface area (Å²) in [6.45, 7) is 3.78. The van der Waals surface area contributed by atoms with Gasteiger partial charge in [-0.25, -0.2) is 0 Å². The van der Waals surface area contributed by atoms with Gasteiger partial charge >= 0.3 is 0 Å². The van der Waals surface area contributed by atoms with Crippen LogP contribution in [0.1, 0.15) is 57.4 Å². The number of aliphatic imine (C=N–C) groups is 1. The van der Waals surface area contributed by atoms with Gasteiger partial charge in [0.05, 0.1) is 0 Å². The van der Waals surface area contributed by atoms with Gasteiger partial charge in [-0.05, 0) is 37.0 Å². The molecule has 0 bridgehead atoms. The van der Waals surface area contributed by atoms with E-state index in [1.165, 1.54) is 19.3 Å². The number of carbonyl (C=O) groups excluding carboxylic acids is 1. The van der Waals surface area contributed by atoms with Gasteiger partial charge in [0.1, 0.15) is 0 Å². The van der Waals surface area contributed by atoms with Crippen LogP contribution in [0.5, 0.6) is 0 Å². The van der Waals surface area contributed by atoms with Crippen molar-refractivity contribution in [1.29, 1.82) is 0 Å². The van der Waals surface area contributed by atoms with Crippen LogP contribution in [0, 0.1) is 5.92 Å². The Morgan fingerprint density at radius 1 is 1.20 bits per heavy atom. The summed E-state index contributed by atoms with van der Waals surface area (Å²) >= 11 is 0. The van der Waals surface area contributed by atoms with E-state index < -0.39 is 0 Å². The Balaban J connectivity index is 1.84. The van der Waals surface area contributed by atoms with E-state index >= 15 is 0 Å². The number of guanidine groups is 1. The van der Waals surface area contributed by atoms with Crippen molar-refractivity contribution in [3.05, 3.63) is 29.8 Å². The largest absolute Gasteiger partial charge is 0.356 e. The predicted molar refractivity (Wildman–Crippen MR) is 105 cm³/mol. The van der Waals surface area contributed by atoms with E-state index in [1.807, 2.05) is 18.2 Å². The molecular weight excluding hydrogens is 312 g/mol. The van der Waals surface area contributed by atoms with Crippen molar-refractivity contribution in [2.45, 2.75) is 58.4 Å². The highest BCUT2D eigenvalue weighted by atomic mass is 16.1. The molecule has 1 fully saturated rings. The second kappa shape index (κ2) is 10.7. The number of hydrogen-bond acceptors (Lipinski definition) is 2. The van der Waals surface area contributed by atoms with Gasteiger partial charge in [-0.15, -0.1) is 0 Å². The zero-order chi connectivity index (χ0) is 17.9. The van der Waals surface area contributed by atoms with Gasteiger partial charge in [-0.1, -0.05) is 44.7 Å². The second-order valence-corrected chi connectivity index (χ2v) is 6.73. The number of rotatable bonds is 7. The summed E-state index contributed by atoms with van der Waals surface area (Å²) in [7, 11) is 1.78. The van der Waals surface area contributed by atoms with Crippen molar-refractivity contribution in [3.63, 3.8) is 0 Å². The number of unbranched alkanes of at least 4 members (excludes halogenated alkanes) is 1. The average molecular weight is 345 g/mol. The molecule has 0 atom stereocenters. The van der Waals surface area contributed by atoms with Crippen LogP contribution in [-0.4, -0.2) is 25.5 Å². The number of amides is 1. The van der Waals surface area contributed by atoms with E-state index in [0.717, 1.165) is 49.4 Å². The minimum absolute atomic E-state index is 0.168. The Morgan fingerprint density at radius 3 is 2.72 bits per heavy atom. The second-order valence-electron chi connectivity index (χ2n) is 6.73. The Labute approximate surface area is 151 Å². The fourth-order valence-electron chi connectivity index (χ4n) is 3.16. The van der Waals surface area contributed by atoms with Crippen LogP contribution in [0.15, 0.2) is 29.3 Å². The van der Waals surface area contributed by atoms with Crippen LogP contribution in [0.25, 0.3) is 0 Å². The third kappa shape index (κ3) is 6.77. The van der Waals surface area contributed by atoms with Gasteiger partial charge in [-0.2, -0.15) is 0 Å². The summed E-state index contributed by atoms with van der Waals surface area (Å²) in [5.74, 6) is 1.16. The SMILES string of the molecule is CCCCNC(=NC)NCc1cccc(NC(=O)C2CCCCC2)c1. The molecule has 0 unspecified atom stereocenters. The quantitative estimate of drug-likeness (QED) is 0.402. The van der Waals surface area contributed by atoms with E-state index in [9.17, 15) is 4.79 Å². The number of benzene rings is 1. The molecule has 0 heterocycles. The van der Waals surface area contributed by atoms with Gasteiger partial charge in [0.15, 0.2) is 5.96 Å². The molecule has 0 spiro atoms. The zero-order valence-electron chi connectivity index (χ0n) is 15.6. The number of nitrogens with one attached hydrogen (secondary N) is 3. The minimum atomic E-state index is 0.168. The van der Waals surface area contributed by atoms with Crippen LogP contribution in [0.3, 0.4) is 0 Å². The smallest absolute Gasteiger partial charge is 0.227 e. The standard InChI is InChI=1S/C20H32N4O/c1-3-4-13-22-20(21-2)23-15-16-9-8-12-18(14-16)24-19(25)17-10-6-5-7-11-17/h8-9,12,14,17H,3-7,10-11,13,15H2,1-2H3,(H,24,25)(H2,21,22,23). The fraction of sp³-hybridized carbons (Fsp3) is 0.600. The van der Waals surface area contributed by atoms with E-state index in [4.69, 9.17) is 0 Å². The van der Waals surface area contributed by atoms with Gasteiger partial charge in [0.2, 0.25) is 5.91 Å². The normalized spacial score (nSPS) is 15.7. The number of anilines is 1. The minimum Gasteiger partial charge on any atom is -0.356 e. The van der Waals surface area contributed by atoms with Crippen molar-refractivity contribution in [2.75, 3.05) is 18.9 Å². The topological polar surface area (TPSA) is 65.5 Å². The number of nitrogens with zero attached hydrogens (tertiary/aromatic N) is 1. The Bertz CT molecular complexity index is 565. The maximum Gasteiger partial charge on any atom is 0.227 e. The highest BCUT2D eigenvalue weighted by Gasteiger charge is 2.20. The van der Waals surface area contributed by atoms with Gasteiger partial charge in [0.25, 0.3) is 0 Å². The zero-order valence-corrected chi connectivity index (χ0v) is 15.6. The molecule has 25 heavy (non-hydrogen) atoms. The third-order valence-corrected chi connectivity index (χ3v) is 4.68. The van der Waals surface area contributed by atoms with Gasteiger partial charge < -0.3 is 16.0 Å². The number of hydrogen-bond donors (Lipinski definition) is 3. The molecule has 0 aliphatic heterocycles. The fourth-order valence-corrected chi connectivity index (χ4v) is 3.16. The number of carbonyl (C=O) groups is 1. The lowest BCUT2D eigenvalue weighted by atomic mass is 9.88. The van der Waals surface area contributed by atoms with E-state index in [1.54, 1.807) is 7.05 Å². The molecule has 1 aromatic carbocycles. The lowest BCUT2D eigenvalue weighted by Gasteiger charge is -2.21. The first-order valence-corrected chi connectivity index (χ1v) is 9.57. The summed E-state index contributed by atoms with van der Waals surface area (Å²) in [5.41, 5.74) is 2.00. The Hall–Kier alpha value is -2.04. The molecule has 5 heteroatoms. The molecule has 5 nitrogen and oxygen atoms in total. The van der Waals surface area contributed by atoms with Crippen molar-refractivity contribution >= 4 is 17.6 Å². The molecule has 138 valence electrons. The van der Waals surface area contributed by atoms with Crippen molar-refractivity contribution in [2.24, 2.45) is 10.9 Å². The molecule has 3 N–H and O–H groups in total. The molecule has 1 aliphatic rings. The maximum atomic E-state index is 12.4. The predicted octanol–water partition coefficient (Wildman–Crippen LogP) is 3.67. The highest BCUT2D eigenvalue weighted by Crippen LogP contribution is 2.25. The summed E-state index contributed by atoms with van der Waals surface area (Å²) < 4.78 is 0.